The van der Waals surface area contributed by atoms with Crippen molar-refractivity contribution in [2.24, 2.45) is 0 Å². The molecule has 1 aliphatic carbocycles. The summed E-state index contributed by atoms with van der Waals surface area (Å²) in [6.07, 6.45) is 5.36. The van der Waals surface area contributed by atoms with Crippen molar-refractivity contribution in [1.29, 1.82) is 0 Å². The number of nitrogens with one attached hydrogen (secondary N) is 2. The van der Waals surface area contributed by atoms with E-state index in [9.17, 15) is 9.59 Å². The molecule has 160 valence electrons. The van der Waals surface area contributed by atoms with Crippen molar-refractivity contribution >= 4 is 23.7 Å². The van der Waals surface area contributed by atoms with Crippen LogP contribution >= 0.6 is 0 Å². The van der Waals surface area contributed by atoms with E-state index in [1.54, 1.807) is 18.2 Å². The molecular formula is C24H32N4O2. The fourth-order valence-electron chi connectivity index (χ4n) is 2.93. The summed E-state index contributed by atoms with van der Waals surface area (Å²) in [6, 6.07) is 9.50. The number of anilines is 1. The minimum Gasteiger partial charge on any atom is -0.349 e. The number of benzene rings is 1. The van der Waals surface area contributed by atoms with Crippen molar-refractivity contribution in [3.8, 4) is 0 Å². The Morgan fingerprint density at radius 3 is 2.23 bits per heavy atom. The third-order valence-corrected chi connectivity index (χ3v) is 4.88. The van der Waals surface area contributed by atoms with Gasteiger partial charge in [0.15, 0.2) is 0 Å². The quantitative estimate of drug-likeness (QED) is 0.716. The molecule has 0 saturated heterocycles. The zero-order valence-electron chi connectivity index (χ0n) is 18.7. The van der Waals surface area contributed by atoms with E-state index < -0.39 is 0 Å². The molecule has 1 fully saturated rings. The number of aromatic nitrogens is 2. The summed E-state index contributed by atoms with van der Waals surface area (Å²) < 4.78 is 1.85. The predicted octanol–water partition coefficient (Wildman–Crippen LogP) is 4.48. The lowest BCUT2D eigenvalue weighted by Gasteiger charge is -2.22. The van der Waals surface area contributed by atoms with Gasteiger partial charge >= 0.3 is 0 Å². The van der Waals surface area contributed by atoms with Gasteiger partial charge in [-0.1, -0.05) is 32.9 Å². The van der Waals surface area contributed by atoms with E-state index in [4.69, 9.17) is 5.10 Å². The number of hydrogen-bond donors (Lipinski definition) is 2. The highest BCUT2D eigenvalue weighted by atomic mass is 16.2. The van der Waals surface area contributed by atoms with Gasteiger partial charge in [-0.15, -0.1) is 0 Å². The first kappa shape index (κ1) is 21.8. The van der Waals surface area contributed by atoms with Gasteiger partial charge in [-0.25, -0.2) is 4.68 Å². The van der Waals surface area contributed by atoms with E-state index in [-0.39, 0.29) is 22.8 Å². The second-order valence-corrected chi connectivity index (χ2v) is 9.94. The van der Waals surface area contributed by atoms with Crippen LogP contribution in [0.25, 0.3) is 6.08 Å². The normalized spacial score (nSPS) is 14.7. The molecule has 1 aromatic carbocycles. The van der Waals surface area contributed by atoms with Crippen molar-refractivity contribution in [2.45, 2.75) is 71.4 Å². The van der Waals surface area contributed by atoms with Gasteiger partial charge in [0.05, 0.1) is 11.2 Å². The molecule has 30 heavy (non-hydrogen) atoms. The summed E-state index contributed by atoms with van der Waals surface area (Å²) in [7, 11) is 0. The van der Waals surface area contributed by atoms with Crippen LogP contribution in [0.1, 0.15) is 76.0 Å². The molecular weight excluding hydrogens is 376 g/mol. The highest BCUT2D eigenvalue weighted by Crippen LogP contribution is 2.28. The molecule has 2 N–H and O–H groups in total. The number of carbonyl (C=O) groups is 2. The molecule has 3 rings (SSSR count). The van der Waals surface area contributed by atoms with Crippen LogP contribution in [0.5, 0.6) is 0 Å². The SMILES string of the molecule is CC(C)(C)c1cc(NC(=O)/C=C/c2ccc(C(=O)NC3CC3)cc2)n(C(C)(C)C)n1. The van der Waals surface area contributed by atoms with Gasteiger partial charge in [-0.05, 0) is 57.4 Å². The van der Waals surface area contributed by atoms with Gasteiger partial charge in [0, 0.05) is 29.2 Å². The number of hydrogen-bond acceptors (Lipinski definition) is 3. The molecule has 2 amide bonds. The summed E-state index contributed by atoms with van der Waals surface area (Å²) in [5.74, 6) is 0.404. The van der Waals surface area contributed by atoms with E-state index in [2.05, 4.69) is 52.2 Å². The average molecular weight is 409 g/mol. The molecule has 2 aromatic rings. The van der Waals surface area contributed by atoms with Crippen molar-refractivity contribution in [3.05, 3.63) is 53.2 Å². The van der Waals surface area contributed by atoms with Crippen LogP contribution in [-0.2, 0) is 15.7 Å². The Hall–Kier alpha value is -2.89. The summed E-state index contributed by atoms with van der Waals surface area (Å²) >= 11 is 0. The lowest BCUT2D eigenvalue weighted by atomic mass is 9.92. The molecule has 0 spiro atoms. The molecule has 0 radical (unpaired) electrons. The Morgan fingerprint density at radius 1 is 1.07 bits per heavy atom. The summed E-state index contributed by atoms with van der Waals surface area (Å²) in [4.78, 5) is 24.6. The number of rotatable bonds is 5. The van der Waals surface area contributed by atoms with Crippen LogP contribution in [0, 0.1) is 0 Å². The minimum atomic E-state index is -0.257. The number of amides is 2. The van der Waals surface area contributed by atoms with Crippen LogP contribution in [-0.4, -0.2) is 27.6 Å². The highest BCUT2D eigenvalue weighted by molar-refractivity contribution is 6.01. The number of carbonyl (C=O) groups excluding carboxylic acids is 2. The van der Waals surface area contributed by atoms with Crippen LogP contribution in [0.15, 0.2) is 36.4 Å². The molecule has 0 unspecified atom stereocenters. The standard InChI is InChI=1S/C24H32N4O2/c1-23(2,3)19-15-20(28(27-19)24(4,5)6)26-21(29)14-9-16-7-10-17(11-8-16)22(30)25-18-12-13-18/h7-11,14-15,18H,12-13H2,1-6H3,(H,25,30)(H,26,29)/b14-9+. The smallest absolute Gasteiger partial charge is 0.251 e. The largest absolute Gasteiger partial charge is 0.349 e. The van der Waals surface area contributed by atoms with E-state index in [0.29, 0.717) is 17.4 Å². The zero-order chi connectivity index (χ0) is 22.1. The second-order valence-electron chi connectivity index (χ2n) is 9.94. The van der Waals surface area contributed by atoms with E-state index in [1.165, 1.54) is 6.08 Å². The third kappa shape index (κ3) is 5.59. The molecule has 0 bridgehead atoms. The maximum atomic E-state index is 12.5. The van der Waals surface area contributed by atoms with Crippen LogP contribution in [0.2, 0.25) is 0 Å². The first-order valence-electron chi connectivity index (χ1n) is 10.4. The van der Waals surface area contributed by atoms with Gasteiger partial charge in [0.1, 0.15) is 5.82 Å². The maximum Gasteiger partial charge on any atom is 0.251 e. The van der Waals surface area contributed by atoms with Crippen molar-refractivity contribution in [1.82, 2.24) is 15.1 Å². The molecule has 6 nitrogen and oxygen atoms in total. The van der Waals surface area contributed by atoms with Gasteiger partial charge < -0.3 is 10.6 Å². The molecule has 1 aliphatic rings. The summed E-state index contributed by atoms with van der Waals surface area (Å²) in [5.41, 5.74) is 2.04. The fraction of sp³-hybridized carbons (Fsp3) is 0.458. The molecule has 6 heteroatoms. The summed E-state index contributed by atoms with van der Waals surface area (Å²) in [6.45, 7) is 12.5. The van der Waals surface area contributed by atoms with Gasteiger partial charge in [-0.2, -0.15) is 5.10 Å². The molecule has 1 saturated carbocycles. The second kappa shape index (κ2) is 8.09. The van der Waals surface area contributed by atoms with Crippen LogP contribution < -0.4 is 10.6 Å². The number of nitrogens with zero attached hydrogens (tertiary/aromatic N) is 2. The van der Waals surface area contributed by atoms with Crippen molar-refractivity contribution in [3.63, 3.8) is 0 Å². The zero-order valence-corrected chi connectivity index (χ0v) is 18.7. The van der Waals surface area contributed by atoms with Gasteiger partial charge in [-0.3, -0.25) is 9.59 Å². The minimum absolute atomic E-state index is 0.0455. The third-order valence-electron chi connectivity index (χ3n) is 4.88. The van der Waals surface area contributed by atoms with Crippen molar-refractivity contribution in [2.75, 3.05) is 5.32 Å². The first-order chi connectivity index (χ1) is 13.9. The maximum absolute atomic E-state index is 12.5. The highest BCUT2D eigenvalue weighted by Gasteiger charge is 2.25. The van der Waals surface area contributed by atoms with E-state index >= 15 is 0 Å². The molecule has 0 atom stereocenters. The molecule has 0 aliphatic heterocycles. The Morgan fingerprint density at radius 2 is 1.70 bits per heavy atom. The fourth-order valence-corrected chi connectivity index (χ4v) is 2.93. The van der Waals surface area contributed by atoms with Crippen LogP contribution in [0.3, 0.4) is 0 Å². The molecule has 1 aromatic heterocycles. The Kier molecular flexibility index (Phi) is 5.88. The van der Waals surface area contributed by atoms with Gasteiger partial charge in [0.25, 0.3) is 5.91 Å². The monoisotopic (exact) mass is 408 g/mol. The van der Waals surface area contributed by atoms with E-state index in [1.807, 2.05) is 22.9 Å². The van der Waals surface area contributed by atoms with E-state index in [0.717, 1.165) is 24.1 Å². The molecule has 1 heterocycles. The predicted molar refractivity (Wildman–Crippen MR) is 121 cm³/mol. The average Bonchev–Trinajstić information content (AvgIpc) is 3.34. The lowest BCUT2D eigenvalue weighted by molar-refractivity contribution is -0.111. The van der Waals surface area contributed by atoms with Gasteiger partial charge in [0.2, 0.25) is 5.91 Å². The summed E-state index contributed by atoms with van der Waals surface area (Å²) in [5, 5.41) is 10.6. The Balaban J connectivity index is 1.68. The first-order valence-corrected chi connectivity index (χ1v) is 10.4. The Labute approximate surface area is 178 Å². The Bertz CT molecular complexity index is 953. The van der Waals surface area contributed by atoms with Crippen molar-refractivity contribution < 1.29 is 9.59 Å². The lowest BCUT2D eigenvalue weighted by Crippen LogP contribution is -2.27. The topological polar surface area (TPSA) is 76.0 Å². The van der Waals surface area contributed by atoms with Crippen LogP contribution in [0.4, 0.5) is 5.82 Å².